The molecular weight excluding hydrogens is 270 g/mol. The molecule has 114 valence electrons. The van der Waals surface area contributed by atoms with Crippen LogP contribution in [0.1, 0.15) is 34.8 Å². The summed E-state index contributed by atoms with van der Waals surface area (Å²) >= 11 is 0. The van der Waals surface area contributed by atoms with Crippen LogP contribution in [0.15, 0.2) is 54.6 Å². The van der Waals surface area contributed by atoms with Crippen molar-refractivity contribution in [2.45, 2.75) is 18.9 Å². The maximum Gasteiger partial charge on any atom is 0.0836 e. The van der Waals surface area contributed by atoms with Gasteiger partial charge in [0, 0.05) is 13.0 Å². The Morgan fingerprint density at radius 3 is 2.50 bits per heavy atom. The van der Waals surface area contributed by atoms with Crippen molar-refractivity contribution in [2.75, 3.05) is 20.6 Å². The van der Waals surface area contributed by atoms with Crippen LogP contribution >= 0.6 is 0 Å². The number of nitrogens with zero attached hydrogens (tertiary/aromatic N) is 1. The molecule has 1 aliphatic rings. The van der Waals surface area contributed by atoms with Crippen LogP contribution in [-0.2, 0) is 6.42 Å². The van der Waals surface area contributed by atoms with E-state index >= 15 is 0 Å². The van der Waals surface area contributed by atoms with E-state index in [-0.39, 0.29) is 0 Å². The summed E-state index contributed by atoms with van der Waals surface area (Å²) in [5, 5.41) is 10.6. The van der Waals surface area contributed by atoms with Gasteiger partial charge in [-0.1, -0.05) is 54.6 Å². The molecule has 2 aromatic carbocycles. The highest BCUT2D eigenvalue weighted by Gasteiger charge is 2.22. The summed E-state index contributed by atoms with van der Waals surface area (Å²) in [4.78, 5) is 2.19. The van der Waals surface area contributed by atoms with E-state index in [4.69, 9.17) is 0 Å². The predicted molar refractivity (Wildman–Crippen MR) is 91.8 cm³/mol. The molecule has 22 heavy (non-hydrogen) atoms. The fourth-order valence-electron chi connectivity index (χ4n) is 3.14. The molecule has 0 fully saturated rings. The zero-order valence-corrected chi connectivity index (χ0v) is 13.3. The van der Waals surface area contributed by atoms with Crippen LogP contribution in [0.25, 0.3) is 5.57 Å². The van der Waals surface area contributed by atoms with Gasteiger partial charge in [-0.15, -0.1) is 0 Å². The Hall–Kier alpha value is -1.90. The number of hydrogen-bond acceptors (Lipinski definition) is 2. The first-order valence-corrected chi connectivity index (χ1v) is 7.87. The van der Waals surface area contributed by atoms with Gasteiger partial charge in [-0.25, -0.2) is 0 Å². The first kappa shape index (κ1) is 15.0. The lowest BCUT2D eigenvalue weighted by molar-refractivity contribution is 0.179. The second-order valence-corrected chi connectivity index (χ2v) is 6.17. The van der Waals surface area contributed by atoms with E-state index < -0.39 is 6.10 Å². The fraction of sp³-hybridized carbons (Fsp3) is 0.300. The monoisotopic (exact) mass is 293 g/mol. The van der Waals surface area contributed by atoms with Crippen molar-refractivity contribution in [3.63, 3.8) is 0 Å². The second-order valence-electron chi connectivity index (χ2n) is 6.17. The van der Waals surface area contributed by atoms with Gasteiger partial charge in [-0.05, 0) is 48.3 Å². The van der Waals surface area contributed by atoms with Gasteiger partial charge in [0.15, 0.2) is 0 Å². The van der Waals surface area contributed by atoms with Crippen LogP contribution in [0.2, 0.25) is 0 Å². The van der Waals surface area contributed by atoms with Crippen molar-refractivity contribution in [1.29, 1.82) is 0 Å². The standard InChI is InChI=1S/C20H23NO/c1-21(2)13-7-12-17-16-9-4-3-8-15(16)14-20(22)19-11-6-5-10-18(17)19/h3-6,8-12,20,22H,7,13-14H2,1-2H3/b17-12-/t20-/m0/s1. The topological polar surface area (TPSA) is 23.5 Å². The largest absolute Gasteiger partial charge is 0.388 e. The number of benzene rings is 2. The van der Waals surface area contributed by atoms with Crippen LogP contribution < -0.4 is 0 Å². The molecular formula is C20H23NO. The summed E-state index contributed by atoms with van der Waals surface area (Å²) in [7, 11) is 4.19. The van der Waals surface area contributed by atoms with Crippen LogP contribution in [0.5, 0.6) is 0 Å². The molecule has 0 aliphatic heterocycles. The van der Waals surface area contributed by atoms with E-state index in [1.54, 1.807) is 0 Å². The molecule has 0 radical (unpaired) electrons. The molecule has 2 heteroatoms. The third-order valence-electron chi connectivity index (χ3n) is 4.26. The molecule has 0 saturated carbocycles. The zero-order chi connectivity index (χ0) is 15.5. The van der Waals surface area contributed by atoms with Crippen molar-refractivity contribution < 1.29 is 5.11 Å². The van der Waals surface area contributed by atoms with E-state index in [0.717, 1.165) is 18.5 Å². The molecule has 0 aromatic heterocycles. The number of hydrogen-bond donors (Lipinski definition) is 1. The second kappa shape index (κ2) is 6.47. The molecule has 0 spiro atoms. The highest BCUT2D eigenvalue weighted by Crippen LogP contribution is 2.37. The van der Waals surface area contributed by atoms with Gasteiger partial charge in [-0.2, -0.15) is 0 Å². The summed E-state index contributed by atoms with van der Waals surface area (Å²) in [5.74, 6) is 0. The van der Waals surface area contributed by atoms with Gasteiger partial charge in [0.2, 0.25) is 0 Å². The zero-order valence-electron chi connectivity index (χ0n) is 13.3. The first-order chi connectivity index (χ1) is 10.7. The normalized spacial score (nSPS) is 18.9. The van der Waals surface area contributed by atoms with E-state index in [2.05, 4.69) is 61.5 Å². The summed E-state index contributed by atoms with van der Waals surface area (Å²) < 4.78 is 0. The average Bonchev–Trinajstić information content (AvgIpc) is 2.63. The van der Waals surface area contributed by atoms with Crippen LogP contribution in [0.3, 0.4) is 0 Å². The minimum Gasteiger partial charge on any atom is -0.388 e. The minimum absolute atomic E-state index is 0.433. The maximum atomic E-state index is 10.6. The minimum atomic E-state index is -0.433. The SMILES string of the molecule is CN(C)CC/C=C1/c2ccccc2C[C@H](O)c2ccccc21. The Balaban J connectivity index is 2.11. The van der Waals surface area contributed by atoms with Crippen molar-refractivity contribution >= 4 is 5.57 Å². The van der Waals surface area contributed by atoms with Crippen LogP contribution in [-0.4, -0.2) is 30.6 Å². The average molecular weight is 293 g/mol. The third kappa shape index (κ3) is 2.99. The van der Waals surface area contributed by atoms with Crippen LogP contribution in [0.4, 0.5) is 0 Å². The summed E-state index contributed by atoms with van der Waals surface area (Å²) in [6.07, 6.45) is 3.56. The van der Waals surface area contributed by atoms with Gasteiger partial charge in [-0.3, -0.25) is 0 Å². The third-order valence-corrected chi connectivity index (χ3v) is 4.26. The van der Waals surface area contributed by atoms with Gasteiger partial charge >= 0.3 is 0 Å². The highest BCUT2D eigenvalue weighted by atomic mass is 16.3. The van der Waals surface area contributed by atoms with Crippen molar-refractivity contribution in [3.05, 3.63) is 76.9 Å². The first-order valence-electron chi connectivity index (χ1n) is 7.87. The number of fused-ring (bicyclic) bond motifs is 2. The molecule has 0 bridgehead atoms. The molecule has 0 saturated heterocycles. The maximum absolute atomic E-state index is 10.6. The highest BCUT2D eigenvalue weighted by molar-refractivity contribution is 5.84. The predicted octanol–water partition coefficient (Wildman–Crippen LogP) is 3.66. The van der Waals surface area contributed by atoms with E-state index in [1.165, 1.54) is 22.3 Å². The molecule has 2 nitrogen and oxygen atoms in total. The number of aliphatic hydroxyl groups is 1. The molecule has 1 aliphatic carbocycles. The lowest BCUT2D eigenvalue weighted by Gasteiger charge is -2.14. The van der Waals surface area contributed by atoms with Crippen molar-refractivity contribution in [2.24, 2.45) is 0 Å². The molecule has 0 heterocycles. The lowest BCUT2D eigenvalue weighted by atomic mass is 9.93. The van der Waals surface area contributed by atoms with E-state index in [1.807, 2.05) is 12.1 Å². The molecule has 0 unspecified atom stereocenters. The number of aliphatic hydroxyl groups excluding tert-OH is 1. The quantitative estimate of drug-likeness (QED) is 0.933. The van der Waals surface area contributed by atoms with Gasteiger partial charge < -0.3 is 10.0 Å². The summed E-state index contributed by atoms with van der Waals surface area (Å²) in [5.41, 5.74) is 5.94. The summed E-state index contributed by atoms with van der Waals surface area (Å²) in [6, 6.07) is 16.7. The van der Waals surface area contributed by atoms with E-state index in [0.29, 0.717) is 6.42 Å². The van der Waals surface area contributed by atoms with Gasteiger partial charge in [0.25, 0.3) is 0 Å². The van der Waals surface area contributed by atoms with Gasteiger partial charge in [0.05, 0.1) is 6.10 Å². The molecule has 1 N–H and O–H groups in total. The smallest absolute Gasteiger partial charge is 0.0836 e. The molecule has 3 rings (SSSR count). The fourth-order valence-corrected chi connectivity index (χ4v) is 3.14. The van der Waals surface area contributed by atoms with Gasteiger partial charge in [0.1, 0.15) is 0 Å². The Bertz CT molecular complexity index is 688. The molecule has 1 atom stereocenters. The van der Waals surface area contributed by atoms with Crippen LogP contribution in [0, 0.1) is 0 Å². The van der Waals surface area contributed by atoms with Crippen molar-refractivity contribution in [3.8, 4) is 0 Å². The molecule has 2 aromatic rings. The van der Waals surface area contributed by atoms with Crippen molar-refractivity contribution in [1.82, 2.24) is 4.90 Å². The van der Waals surface area contributed by atoms with E-state index in [9.17, 15) is 5.11 Å². The molecule has 0 amide bonds. The Kier molecular flexibility index (Phi) is 4.41. The number of rotatable bonds is 3. The Labute approximate surface area is 132 Å². The summed E-state index contributed by atoms with van der Waals surface area (Å²) in [6.45, 7) is 1.02. The lowest BCUT2D eigenvalue weighted by Crippen LogP contribution is -2.12. The Morgan fingerprint density at radius 1 is 1.05 bits per heavy atom. The Morgan fingerprint density at radius 2 is 1.73 bits per heavy atom.